The van der Waals surface area contributed by atoms with Crippen molar-refractivity contribution in [2.45, 2.75) is 13.5 Å². The van der Waals surface area contributed by atoms with Crippen LogP contribution in [0.25, 0.3) is 0 Å². The molecule has 5 nitrogen and oxygen atoms in total. The molecule has 3 rings (SSSR count). The Morgan fingerprint density at radius 3 is 2.80 bits per heavy atom. The maximum atomic E-state index is 12.3. The van der Waals surface area contributed by atoms with Gasteiger partial charge < -0.3 is 10.6 Å². The van der Waals surface area contributed by atoms with E-state index < -0.39 is 0 Å². The lowest BCUT2D eigenvalue weighted by Crippen LogP contribution is -2.23. The van der Waals surface area contributed by atoms with Crippen molar-refractivity contribution in [1.82, 2.24) is 15.3 Å². The minimum atomic E-state index is -0.155. The van der Waals surface area contributed by atoms with Gasteiger partial charge in [0, 0.05) is 35.2 Å². The largest absolute Gasteiger partial charge is 0.348 e. The van der Waals surface area contributed by atoms with Gasteiger partial charge in [0.2, 0.25) is 0 Å². The van der Waals surface area contributed by atoms with Gasteiger partial charge in [0.1, 0.15) is 5.82 Å². The predicted molar refractivity (Wildman–Crippen MR) is 102 cm³/mol. The Hall–Kier alpha value is -2.73. The number of halogens is 1. The number of nitrogens with one attached hydrogen (secondary N) is 2. The number of aryl methyl sites for hydroxylation is 1. The fourth-order valence-electron chi connectivity index (χ4n) is 2.29. The van der Waals surface area contributed by atoms with Crippen molar-refractivity contribution in [2.75, 3.05) is 5.32 Å². The number of hydrogen-bond donors (Lipinski definition) is 2. The summed E-state index contributed by atoms with van der Waals surface area (Å²) >= 11 is 3.53. The van der Waals surface area contributed by atoms with Crippen LogP contribution in [-0.2, 0) is 6.54 Å². The van der Waals surface area contributed by atoms with Gasteiger partial charge in [-0.1, -0.05) is 12.1 Å². The van der Waals surface area contributed by atoms with Gasteiger partial charge in [0.25, 0.3) is 5.91 Å². The zero-order chi connectivity index (χ0) is 17.6. The summed E-state index contributed by atoms with van der Waals surface area (Å²) < 4.78 is 0.945. The van der Waals surface area contributed by atoms with Gasteiger partial charge in [-0.3, -0.25) is 9.78 Å². The van der Waals surface area contributed by atoms with Crippen LogP contribution in [0.1, 0.15) is 21.5 Å². The Kier molecular flexibility index (Phi) is 5.40. The molecule has 0 radical (unpaired) electrons. The van der Waals surface area contributed by atoms with Crippen molar-refractivity contribution in [3.8, 4) is 0 Å². The third kappa shape index (κ3) is 4.64. The number of nitrogens with zero attached hydrogens (tertiary/aromatic N) is 2. The van der Waals surface area contributed by atoms with Gasteiger partial charge in [-0.2, -0.15) is 0 Å². The minimum Gasteiger partial charge on any atom is -0.348 e. The van der Waals surface area contributed by atoms with Gasteiger partial charge in [0.15, 0.2) is 0 Å². The van der Waals surface area contributed by atoms with Crippen molar-refractivity contribution in [3.05, 3.63) is 82.2 Å². The van der Waals surface area contributed by atoms with E-state index in [0.29, 0.717) is 17.9 Å². The highest BCUT2D eigenvalue weighted by Crippen LogP contribution is 2.26. The molecule has 0 unspecified atom stereocenters. The second-order valence-electron chi connectivity index (χ2n) is 5.58. The molecule has 1 amide bonds. The van der Waals surface area contributed by atoms with E-state index in [-0.39, 0.29) is 5.91 Å². The molecule has 1 aromatic carbocycles. The molecule has 0 aliphatic rings. The summed E-state index contributed by atoms with van der Waals surface area (Å²) in [5.41, 5.74) is 3.55. The summed E-state index contributed by atoms with van der Waals surface area (Å²) in [5, 5.41) is 6.10. The highest BCUT2D eigenvalue weighted by molar-refractivity contribution is 9.10. The zero-order valence-electron chi connectivity index (χ0n) is 13.7. The predicted octanol–water partition coefficient (Wildman–Crippen LogP) is 4.22. The van der Waals surface area contributed by atoms with Crippen LogP contribution in [0.3, 0.4) is 0 Å². The van der Waals surface area contributed by atoms with E-state index in [9.17, 15) is 4.79 Å². The topological polar surface area (TPSA) is 66.9 Å². The highest BCUT2D eigenvalue weighted by atomic mass is 79.9. The van der Waals surface area contributed by atoms with Crippen LogP contribution in [0.15, 0.2) is 65.5 Å². The molecule has 3 aromatic rings. The summed E-state index contributed by atoms with van der Waals surface area (Å²) in [6.07, 6.45) is 5.05. The number of anilines is 2. The Bertz CT molecular complexity index is 884. The van der Waals surface area contributed by atoms with Gasteiger partial charge in [-0.15, -0.1) is 0 Å². The van der Waals surface area contributed by atoms with Crippen LogP contribution in [0.2, 0.25) is 0 Å². The fraction of sp³-hybridized carbons (Fsp3) is 0.105. The molecule has 25 heavy (non-hydrogen) atoms. The SMILES string of the molecule is Cc1ccc(Nc2cc(C(=O)NCc3cccnc3)ccn2)c(Br)c1. The lowest BCUT2D eigenvalue weighted by molar-refractivity contribution is 0.0951. The molecular formula is C19H17BrN4O. The fourth-order valence-corrected chi connectivity index (χ4v) is 2.88. The number of rotatable bonds is 5. The van der Waals surface area contributed by atoms with E-state index >= 15 is 0 Å². The van der Waals surface area contributed by atoms with Crippen LogP contribution in [0, 0.1) is 6.92 Å². The van der Waals surface area contributed by atoms with Crippen LogP contribution in [-0.4, -0.2) is 15.9 Å². The molecule has 0 bridgehead atoms. The lowest BCUT2D eigenvalue weighted by atomic mass is 10.2. The lowest BCUT2D eigenvalue weighted by Gasteiger charge is -2.10. The molecule has 0 aliphatic heterocycles. The summed E-state index contributed by atoms with van der Waals surface area (Å²) in [6, 6.07) is 13.2. The second-order valence-corrected chi connectivity index (χ2v) is 6.44. The maximum Gasteiger partial charge on any atom is 0.251 e. The van der Waals surface area contributed by atoms with Gasteiger partial charge in [-0.25, -0.2) is 4.98 Å². The first-order chi connectivity index (χ1) is 12.1. The number of aromatic nitrogens is 2. The quantitative estimate of drug-likeness (QED) is 0.677. The molecule has 6 heteroatoms. The maximum absolute atomic E-state index is 12.3. The normalized spacial score (nSPS) is 10.3. The molecule has 2 heterocycles. The smallest absolute Gasteiger partial charge is 0.251 e. The molecule has 0 saturated carbocycles. The van der Waals surface area contributed by atoms with Crippen molar-refractivity contribution in [1.29, 1.82) is 0 Å². The van der Waals surface area contributed by atoms with E-state index in [1.807, 2.05) is 37.3 Å². The Morgan fingerprint density at radius 1 is 1.16 bits per heavy atom. The second kappa shape index (κ2) is 7.90. The van der Waals surface area contributed by atoms with E-state index in [1.165, 1.54) is 0 Å². The Labute approximate surface area is 154 Å². The Morgan fingerprint density at radius 2 is 2.04 bits per heavy atom. The van der Waals surface area contributed by atoms with Crippen LogP contribution < -0.4 is 10.6 Å². The number of carbonyl (C=O) groups excluding carboxylic acids is 1. The standard InChI is InChI=1S/C19H17BrN4O/c1-13-4-5-17(16(20)9-13)24-18-10-15(6-8-22-18)19(25)23-12-14-3-2-7-21-11-14/h2-11H,12H2,1H3,(H,22,24)(H,23,25). The summed E-state index contributed by atoms with van der Waals surface area (Å²) in [6.45, 7) is 2.46. The first-order valence-corrected chi connectivity index (χ1v) is 8.57. The molecule has 0 atom stereocenters. The van der Waals surface area contributed by atoms with Gasteiger partial charge in [0.05, 0.1) is 5.69 Å². The van der Waals surface area contributed by atoms with Crippen molar-refractivity contribution in [3.63, 3.8) is 0 Å². The number of amides is 1. The molecular weight excluding hydrogens is 380 g/mol. The summed E-state index contributed by atoms with van der Waals surface area (Å²) in [4.78, 5) is 20.6. The van der Waals surface area contributed by atoms with E-state index in [2.05, 4.69) is 36.5 Å². The molecule has 2 aromatic heterocycles. The van der Waals surface area contributed by atoms with E-state index in [4.69, 9.17) is 0 Å². The Balaban J connectivity index is 1.69. The van der Waals surface area contributed by atoms with Crippen molar-refractivity contribution in [2.24, 2.45) is 0 Å². The number of hydrogen-bond acceptors (Lipinski definition) is 4. The van der Waals surface area contributed by atoms with Crippen LogP contribution in [0.4, 0.5) is 11.5 Å². The van der Waals surface area contributed by atoms with Crippen LogP contribution in [0.5, 0.6) is 0 Å². The zero-order valence-corrected chi connectivity index (χ0v) is 15.2. The average molecular weight is 397 g/mol. The monoisotopic (exact) mass is 396 g/mol. The first kappa shape index (κ1) is 17.1. The van der Waals surface area contributed by atoms with E-state index in [0.717, 1.165) is 21.3 Å². The first-order valence-electron chi connectivity index (χ1n) is 7.78. The molecule has 2 N–H and O–H groups in total. The van der Waals surface area contributed by atoms with Crippen LogP contribution >= 0.6 is 15.9 Å². The van der Waals surface area contributed by atoms with Crippen molar-refractivity contribution < 1.29 is 4.79 Å². The summed E-state index contributed by atoms with van der Waals surface area (Å²) in [5.74, 6) is 0.454. The number of carbonyl (C=O) groups is 1. The van der Waals surface area contributed by atoms with Crippen molar-refractivity contribution >= 4 is 33.3 Å². The molecule has 0 fully saturated rings. The third-order valence-electron chi connectivity index (χ3n) is 3.59. The molecule has 0 spiro atoms. The average Bonchev–Trinajstić information content (AvgIpc) is 2.63. The minimum absolute atomic E-state index is 0.155. The summed E-state index contributed by atoms with van der Waals surface area (Å²) in [7, 11) is 0. The van der Waals surface area contributed by atoms with E-state index in [1.54, 1.807) is 30.7 Å². The molecule has 0 aliphatic carbocycles. The van der Waals surface area contributed by atoms with Gasteiger partial charge >= 0.3 is 0 Å². The highest BCUT2D eigenvalue weighted by Gasteiger charge is 2.08. The van der Waals surface area contributed by atoms with Gasteiger partial charge in [-0.05, 0) is 64.3 Å². The molecule has 0 saturated heterocycles. The third-order valence-corrected chi connectivity index (χ3v) is 4.24. The number of benzene rings is 1. The molecule has 126 valence electrons. The number of pyridine rings is 2.